The molecule has 0 saturated carbocycles. The van der Waals surface area contributed by atoms with E-state index in [9.17, 15) is 0 Å². The van der Waals surface area contributed by atoms with Crippen molar-refractivity contribution in [2.24, 2.45) is 0 Å². The number of fused-ring (bicyclic) bond motifs is 2. The number of hydrogen-bond donors (Lipinski definition) is 1. The highest BCUT2D eigenvalue weighted by Gasteiger charge is 2.15. The quantitative estimate of drug-likeness (QED) is 0.260. The standard InChI is InChI=1S/C26H28ClN3O.2ClH/c1-30(2)14-13-19(18-7-5-4-6-8-18)17-28-26-22-11-9-20(27)15-25(22)29-24-12-10-21(31-3)16-23(24)26;;/h4-12,15-16,19H,13-14,17H2,1-3H3,(H,28,29);2*1H. The Hall–Kier alpha value is -2.24. The largest absolute Gasteiger partial charge is 0.497 e. The number of benzene rings is 3. The van der Waals surface area contributed by atoms with Crippen molar-refractivity contribution in [1.82, 2.24) is 9.88 Å². The number of hydrogen-bond acceptors (Lipinski definition) is 4. The Morgan fingerprint density at radius 1 is 0.939 bits per heavy atom. The molecule has 4 aromatic rings. The van der Waals surface area contributed by atoms with Crippen LogP contribution in [-0.4, -0.2) is 44.2 Å². The van der Waals surface area contributed by atoms with E-state index in [1.54, 1.807) is 7.11 Å². The maximum Gasteiger partial charge on any atom is 0.119 e. The number of aromatic nitrogens is 1. The Kier molecular flexibility index (Phi) is 10.1. The Morgan fingerprint density at radius 3 is 2.39 bits per heavy atom. The van der Waals surface area contributed by atoms with Crippen molar-refractivity contribution in [3.63, 3.8) is 0 Å². The van der Waals surface area contributed by atoms with Gasteiger partial charge < -0.3 is 15.0 Å². The molecule has 0 aliphatic carbocycles. The van der Waals surface area contributed by atoms with Gasteiger partial charge in [-0.3, -0.25) is 0 Å². The molecule has 33 heavy (non-hydrogen) atoms. The van der Waals surface area contributed by atoms with Crippen molar-refractivity contribution in [2.75, 3.05) is 39.6 Å². The van der Waals surface area contributed by atoms with Crippen LogP contribution in [0.15, 0.2) is 66.7 Å². The third-order valence-corrected chi connectivity index (χ3v) is 5.90. The molecule has 0 radical (unpaired) electrons. The first kappa shape index (κ1) is 27.0. The van der Waals surface area contributed by atoms with E-state index in [2.05, 4.69) is 60.7 Å². The van der Waals surface area contributed by atoms with Gasteiger partial charge >= 0.3 is 0 Å². The van der Waals surface area contributed by atoms with Crippen LogP contribution in [0.2, 0.25) is 5.02 Å². The van der Waals surface area contributed by atoms with Crippen LogP contribution in [0.25, 0.3) is 21.8 Å². The van der Waals surface area contributed by atoms with E-state index in [1.165, 1.54) is 5.56 Å². The van der Waals surface area contributed by atoms with Crippen LogP contribution in [0.4, 0.5) is 5.69 Å². The summed E-state index contributed by atoms with van der Waals surface area (Å²) < 4.78 is 5.49. The van der Waals surface area contributed by atoms with Gasteiger partial charge in [0.05, 0.1) is 23.8 Å². The molecule has 0 aliphatic heterocycles. The fourth-order valence-corrected chi connectivity index (χ4v) is 4.13. The molecule has 3 aromatic carbocycles. The second-order valence-electron chi connectivity index (χ2n) is 8.11. The molecule has 0 saturated heterocycles. The third-order valence-electron chi connectivity index (χ3n) is 5.66. The number of rotatable bonds is 8. The highest BCUT2D eigenvalue weighted by Crippen LogP contribution is 2.35. The molecule has 1 N–H and O–H groups in total. The number of anilines is 1. The number of pyridine rings is 1. The summed E-state index contributed by atoms with van der Waals surface area (Å²) in [7, 11) is 5.93. The second-order valence-corrected chi connectivity index (χ2v) is 8.55. The Balaban J connectivity index is 0.00000193. The van der Waals surface area contributed by atoms with Crippen molar-refractivity contribution >= 4 is 63.9 Å². The lowest BCUT2D eigenvalue weighted by Gasteiger charge is -2.22. The van der Waals surface area contributed by atoms with Gasteiger partial charge in [0.25, 0.3) is 0 Å². The maximum absolute atomic E-state index is 6.26. The molecule has 1 atom stereocenters. The molecule has 4 rings (SSSR count). The molecular formula is C26H30Cl3N3O. The van der Waals surface area contributed by atoms with E-state index in [4.69, 9.17) is 21.3 Å². The van der Waals surface area contributed by atoms with Gasteiger partial charge in [0, 0.05) is 28.3 Å². The lowest BCUT2D eigenvalue weighted by Crippen LogP contribution is -2.20. The minimum absolute atomic E-state index is 0. The van der Waals surface area contributed by atoms with Crippen molar-refractivity contribution in [1.29, 1.82) is 0 Å². The SMILES string of the molecule is COc1ccc2nc3cc(Cl)ccc3c(NCC(CCN(C)C)c3ccccc3)c2c1.Cl.Cl. The zero-order chi connectivity index (χ0) is 21.8. The highest BCUT2D eigenvalue weighted by atomic mass is 35.5. The first-order chi connectivity index (χ1) is 15.0. The predicted octanol–water partition coefficient (Wildman–Crippen LogP) is 7.04. The second kappa shape index (κ2) is 12.3. The monoisotopic (exact) mass is 505 g/mol. The molecule has 0 amide bonds. The van der Waals surface area contributed by atoms with Crippen molar-refractivity contribution in [3.8, 4) is 5.75 Å². The summed E-state index contributed by atoms with van der Waals surface area (Å²) in [5.41, 5.74) is 4.22. The molecule has 0 spiro atoms. The average Bonchev–Trinajstić information content (AvgIpc) is 2.78. The van der Waals surface area contributed by atoms with Gasteiger partial charge in [-0.25, -0.2) is 4.98 Å². The summed E-state index contributed by atoms with van der Waals surface area (Å²) in [6, 6.07) is 22.6. The summed E-state index contributed by atoms with van der Waals surface area (Å²) in [4.78, 5) is 7.07. The van der Waals surface area contributed by atoms with Gasteiger partial charge in [0.2, 0.25) is 0 Å². The lowest BCUT2D eigenvalue weighted by molar-refractivity contribution is 0.383. The summed E-state index contributed by atoms with van der Waals surface area (Å²) in [5, 5.41) is 6.56. The minimum Gasteiger partial charge on any atom is -0.497 e. The van der Waals surface area contributed by atoms with Crippen LogP contribution >= 0.6 is 36.4 Å². The van der Waals surface area contributed by atoms with E-state index in [1.807, 2.05) is 30.3 Å². The van der Waals surface area contributed by atoms with E-state index in [-0.39, 0.29) is 24.8 Å². The van der Waals surface area contributed by atoms with Crippen molar-refractivity contribution < 1.29 is 4.74 Å². The molecule has 4 nitrogen and oxygen atoms in total. The van der Waals surface area contributed by atoms with Gasteiger partial charge in [0.1, 0.15) is 5.75 Å². The average molecular weight is 507 g/mol. The molecule has 1 aromatic heterocycles. The molecule has 1 unspecified atom stereocenters. The van der Waals surface area contributed by atoms with E-state index in [0.29, 0.717) is 10.9 Å². The Labute approximate surface area is 213 Å². The highest BCUT2D eigenvalue weighted by molar-refractivity contribution is 6.31. The zero-order valence-corrected chi connectivity index (χ0v) is 21.4. The first-order valence-electron chi connectivity index (χ1n) is 10.6. The fraction of sp³-hybridized carbons (Fsp3) is 0.269. The van der Waals surface area contributed by atoms with Crippen LogP contribution in [0.1, 0.15) is 17.9 Å². The summed E-state index contributed by atoms with van der Waals surface area (Å²) >= 11 is 6.26. The van der Waals surface area contributed by atoms with Gasteiger partial charge in [-0.2, -0.15) is 0 Å². The third kappa shape index (κ3) is 6.42. The molecule has 0 aliphatic rings. The van der Waals surface area contributed by atoms with Crippen LogP contribution in [0.3, 0.4) is 0 Å². The van der Waals surface area contributed by atoms with Gasteiger partial charge in [-0.1, -0.05) is 41.9 Å². The summed E-state index contributed by atoms with van der Waals surface area (Å²) in [5.74, 6) is 1.21. The maximum atomic E-state index is 6.26. The first-order valence-corrected chi connectivity index (χ1v) is 10.9. The Bertz CT molecular complexity index is 1190. The van der Waals surface area contributed by atoms with Gasteiger partial charge in [0.15, 0.2) is 0 Å². The molecule has 0 bridgehead atoms. The van der Waals surface area contributed by atoms with Crippen LogP contribution < -0.4 is 10.1 Å². The van der Waals surface area contributed by atoms with E-state index in [0.717, 1.165) is 52.8 Å². The van der Waals surface area contributed by atoms with Gasteiger partial charge in [-0.05, 0) is 69.0 Å². The molecular weight excluding hydrogens is 477 g/mol. The molecule has 7 heteroatoms. The predicted molar refractivity (Wildman–Crippen MR) is 146 cm³/mol. The van der Waals surface area contributed by atoms with Crippen molar-refractivity contribution in [3.05, 3.63) is 77.3 Å². The fourth-order valence-electron chi connectivity index (χ4n) is 3.96. The number of nitrogens with zero attached hydrogens (tertiary/aromatic N) is 2. The number of nitrogens with one attached hydrogen (secondary N) is 1. The topological polar surface area (TPSA) is 37.4 Å². The van der Waals surface area contributed by atoms with Crippen LogP contribution in [0.5, 0.6) is 5.75 Å². The molecule has 176 valence electrons. The van der Waals surface area contributed by atoms with Crippen LogP contribution in [-0.2, 0) is 0 Å². The smallest absolute Gasteiger partial charge is 0.119 e. The van der Waals surface area contributed by atoms with Crippen molar-refractivity contribution in [2.45, 2.75) is 12.3 Å². The number of halogens is 3. The summed E-state index contributed by atoms with van der Waals surface area (Å²) in [6.45, 7) is 1.86. The zero-order valence-electron chi connectivity index (χ0n) is 19.0. The normalized spacial score (nSPS) is 11.7. The molecule has 1 heterocycles. The summed E-state index contributed by atoms with van der Waals surface area (Å²) in [6.07, 6.45) is 1.07. The Morgan fingerprint density at radius 2 is 1.70 bits per heavy atom. The van der Waals surface area contributed by atoms with Crippen LogP contribution in [0, 0.1) is 0 Å². The lowest BCUT2D eigenvalue weighted by atomic mass is 9.95. The van der Waals surface area contributed by atoms with E-state index < -0.39 is 0 Å². The molecule has 0 fully saturated rings. The number of methoxy groups -OCH3 is 1. The number of ether oxygens (including phenoxy) is 1. The van der Waals surface area contributed by atoms with Gasteiger partial charge in [-0.15, -0.1) is 24.8 Å². The minimum atomic E-state index is 0. The van der Waals surface area contributed by atoms with E-state index >= 15 is 0 Å².